The maximum atomic E-state index is 12.3. The number of thiazole rings is 1. The summed E-state index contributed by atoms with van der Waals surface area (Å²) in [6, 6.07) is 5.49. The number of aromatic nitrogens is 1. The number of fused-ring (bicyclic) bond motifs is 1. The van der Waals surface area contributed by atoms with E-state index in [0.717, 1.165) is 41.8 Å². The average Bonchev–Trinajstić information content (AvgIpc) is 2.90. The maximum absolute atomic E-state index is 12.3. The highest BCUT2D eigenvalue weighted by molar-refractivity contribution is 7.20. The molecule has 0 N–H and O–H groups in total. The number of hydrogen-bond donors (Lipinski definition) is 0. The van der Waals surface area contributed by atoms with Crippen molar-refractivity contribution in [3.63, 3.8) is 0 Å². The van der Waals surface area contributed by atoms with Gasteiger partial charge in [-0.3, -0.25) is 4.79 Å². The van der Waals surface area contributed by atoms with E-state index in [-0.39, 0.29) is 11.8 Å². The topological polar surface area (TPSA) is 53.3 Å². The first-order valence-corrected chi connectivity index (χ1v) is 7.25. The lowest BCUT2D eigenvalue weighted by molar-refractivity contribution is 0.0924. The van der Waals surface area contributed by atoms with Gasteiger partial charge in [-0.15, -0.1) is 11.3 Å². The van der Waals surface area contributed by atoms with Crippen LogP contribution >= 0.6 is 11.3 Å². The molecule has 1 saturated heterocycles. The van der Waals surface area contributed by atoms with Crippen LogP contribution in [0.15, 0.2) is 18.2 Å². The molecule has 3 rings (SSSR count). The molecule has 19 heavy (non-hydrogen) atoms. The summed E-state index contributed by atoms with van der Waals surface area (Å²) in [4.78, 5) is 16.8. The lowest BCUT2D eigenvalue weighted by Crippen LogP contribution is -2.35. The standard InChI is InChI=1S/C14H15N2O2S/c1-18-9-5-6-10-12(8-9)19-14(16-10)13(17)11-4-2-3-7-15-11/h5-6,8,11H,2-4,7H2,1H3. The number of rotatable bonds is 3. The molecular formula is C14H15N2O2S. The Hall–Kier alpha value is -1.46. The van der Waals surface area contributed by atoms with Gasteiger partial charge in [-0.05, 0) is 31.0 Å². The molecule has 5 heteroatoms. The number of carbonyl (C=O) groups excluding carboxylic acids is 1. The highest BCUT2D eigenvalue weighted by Gasteiger charge is 2.25. The smallest absolute Gasteiger partial charge is 0.209 e. The van der Waals surface area contributed by atoms with Crippen molar-refractivity contribution in [1.82, 2.24) is 10.3 Å². The second-order valence-electron chi connectivity index (χ2n) is 4.63. The molecule has 1 unspecified atom stereocenters. The molecule has 1 fully saturated rings. The third-order valence-electron chi connectivity index (χ3n) is 3.34. The van der Waals surface area contributed by atoms with Gasteiger partial charge in [-0.2, -0.15) is 0 Å². The Morgan fingerprint density at radius 3 is 3.05 bits per heavy atom. The number of ketones is 1. The third kappa shape index (κ3) is 2.48. The van der Waals surface area contributed by atoms with Crippen LogP contribution in [0.2, 0.25) is 0 Å². The molecule has 0 saturated carbocycles. The monoisotopic (exact) mass is 275 g/mol. The second kappa shape index (κ2) is 5.27. The molecular weight excluding hydrogens is 260 g/mol. The van der Waals surface area contributed by atoms with Gasteiger partial charge in [0.25, 0.3) is 0 Å². The Kier molecular flexibility index (Phi) is 3.48. The Labute approximate surface area is 115 Å². The Morgan fingerprint density at radius 2 is 2.32 bits per heavy atom. The Morgan fingerprint density at radius 1 is 1.42 bits per heavy atom. The fourth-order valence-corrected chi connectivity index (χ4v) is 3.26. The van der Waals surface area contributed by atoms with Gasteiger partial charge in [0.15, 0.2) is 5.01 Å². The van der Waals surface area contributed by atoms with E-state index in [1.54, 1.807) is 7.11 Å². The zero-order valence-electron chi connectivity index (χ0n) is 10.8. The molecule has 1 atom stereocenters. The summed E-state index contributed by atoms with van der Waals surface area (Å²) in [5, 5.41) is 4.97. The van der Waals surface area contributed by atoms with Crippen LogP contribution in [0.1, 0.15) is 29.1 Å². The molecule has 1 radical (unpaired) electrons. The van der Waals surface area contributed by atoms with Gasteiger partial charge in [0.05, 0.1) is 23.4 Å². The average molecular weight is 275 g/mol. The third-order valence-corrected chi connectivity index (χ3v) is 4.38. The van der Waals surface area contributed by atoms with Crippen molar-refractivity contribution in [3.8, 4) is 5.75 Å². The number of ether oxygens (including phenoxy) is 1. The van der Waals surface area contributed by atoms with Crippen molar-refractivity contribution >= 4 is 27.3 Å². The summed E-state index contributed by atoms with van der Waals surface area (Å²) in [6.45, 7) is 0.801. The molecule has 0 aliphatic carbocycles. The van der Waals surface area contributed by atoms with Crippen LogP contribution in [0, 0.1) is 0 Å². The van der Waals surface area contributed by atoms with E-state index >= 15 is 0 Å². The first-order valence-electron chi connectivity index (χ1n) is 6.43. The van der Waals surface area contributed by atoms with Crippen LogP contribution in [0.4, 0.5) is 0 Å². The molecule has 1 aromatic carbocycles. The van der Waals surface area contributed by atoms with Crippen molar-refractivity contribution in [3.05, 3.63) is 23.2 Å². The van der Waals surface area contributed by atoms with Crippen LogP contribution in [-0.4, -0.2) is 30.5 Å². The van der Waals surface area contributed by atoms with E-state index in [1.807, 2.05) is 18.2 Å². The minimum Gasteiger partial charge on any atom is -0.497 e. The van der Waals surface area contributed by atoms with Gasteiger partial charge in [0, 0.05) is 6.54 Å². The highest BCUT2D eigenvalue weighted by atomic mass is 32.1. The van der Waals surface area contributed by atoms with E-state index in [0.29, 0.717) is 5.01 Å². The van der Waals surface area contributed by atoms with Gasteiger partial charge in [0.1, 0.15) is 5.75 Å². The lowest BCUT2D eigenvalue weighted by atomic mass is 10.0. The van der Waals surface area contributed by atoms with Gasteiger partial charge in [-0.1, -0.05) is 6.42 Å². The van der Waals surface area contributed by atoms with Crippen molar-refractivity contribution in [2.24, 2.45) is 0 Å². The molecule has 99 valence electrons. The van der Waals surface area contributed by atoms with Crippen molar-refractivity contribution in [2.45, 2.75) is 25.3 Å². The fraction of sp³-hybridized carbons (Fsp3) is 0.429. The minimum absolute atomic E-state index is 0.0693. The molecule has 1 aliphatic heterocycles. The van der Waals surface area contributed by atoms with Crippen molar-refractivity contribution < 1.29 is 9.53 Å². The van der Waals surface area contributed by atoms with Gasteiger partial charge < -0.3 is 4.74 Å². The minimum atomic E-state index is -0.184. The largest absolute Gasteiger partial charge is 0.497 e. The molecule has 0 amide bonds. The number of methoxy groups -OCH3 is 1. The summed E-state index contributed by atoms with van der Waals surface area (Å²) >= 11 is 1.43. The quantitative estimate of drug-likeness (QED) is 0.809. The lowest BCUT2D eigenvalue weighted by Gasteiger charge is -2.18. The molecule has 0 spiro atoms. The van der Waals surface area contributed by atoms with E-state index in [4.69, 9.17) is 4.74 Å². The molecule has 1 aliphatic rings. The number of hydrogen-bond acceptors (Lipinski definition) is 4. The van der Waals surface area contributed by atoms with Crippen LogP contribution < -0.4 is 10.1 Å². The molecule has 4 nitrogen and oxygen atoms in total. The summed E-state index contributed by atoms with van der Waals surface area (Å²) < 4.78 is 6.17. The predicted octanol–water partition coefficient (Wildman–Crippen LogP) is 2.64. The zero-order chi connectivity index (χ0) is 13.2. The number of nitrogens with zero attached hydrogens (tertiary/aromatic N) is 2. The van der Waals surface area contributed by atoms with Crippen LogP contribution in [0.5, 0.6) is 5.75 Å². The van der Waals surface area contributed by atoms with Gasteiger partial charge in [-0.25, -0.2) is 10.3 Å². The first kappa shape index (κ1) is 12.6. The van der Waals surface area contributed by atoms with E-state index in [2.05, 4.69) is 10.3 Å². The predicted molar refractivity (Wildman–Crippen MR) is 75.1 cm³/mol. The molecule has 0 bridgehead atoms. The number of Topliss-reactive ketones (excluding diaryl/α,β-unsaturated/α-hetero) is 1. The van der Waals surface area contributed by atoms with Crippen molar-refractivity contribution in [2.75, 3.05) is 13.7 Å². The normalized spacial score (nSPS) is 19.5. The summed E-state index contributed by atoms with van der Waals surface area (Å²) in [5.41, 5.74) is 0.852. The highest BCUT2D eigenvalue weighted by Crippen LogP contribution is 2.27. The first-order chi connectivity index (χ1) is 9.28. The zero-order valence-corrected chi connectivity index (χ0v) is 11.6. The van der Waals surface area contributed by atoms with E-state index < -0.39 is 0 Å². The van der Waals surface area contributed by atoms with Crippen LogP contribution in [0.3, 0.4) is 0 Å². The molecule has 1 aromatic heterocycles. The maximum Gasteiger partial charge on any atom is 0.209 e. The van der Waals surface area contributed by atoms with Gasteiger partial charge >= 0.3 is 0 Å². The van der Waals surface area contributed by atoms with E-state index in [9.17, 15) is 4.79 Å². The molecule has 2 heterocycles. The van der Waals surface area contributed by atoms with Gasteiger partial charge in [0.2, 0.25) is 5.78 Å². The second-order valence-corrected chi connectivity index (χ2v) is 5.67. The van der Waals surface area contributed by atoms with E-state index in [1.165, 1.54) is 11.3 Å². The van der Waals surface area contributed by atoms with Crippen LogP contribution in [-0.2, 0) is 0 Å². The molecule has 2 aromatic rings. The Balaban J connectivity index is 1.89. The summed E-state index contributed by atoms with van der Waals surface area (Å²) in [5.74, 6) is 0.859. The number of benzene rings is 1. The van der Waals surface area contributed by atoms with Crippen LogP contribution in [0.25, 0.3) is 10.2 Å². The number of piperidine rings is 1. The summed E-state index contributed by atoms with van der Waals surface area (Å²) in [7, 11) is 1.63. The van der Waals surface area contributed by atoms with Crippen molar-refractivity contribution in [1.29, 1.82) is 0 Å². The number of carbonyl (C=O) groups is 1. The fourth-order valence-electron chi connectivity index (χ4n) is 2.28. The Bertz CT molecular complexity index is 603. The SMILES string of the molecule is COc1ccc2nc(C(=O)C3CCCC[N]3)sc2c1. The summed E-state index contributed by atoms with van der Waals surface area (Å²) in [6.07, 6.45) is 3.04.